The van der Waals surface area contributed by atoms with Crippen molar-refractivity contribution >= 4 is 38.8 Å². The van der Waals surface area contributed by atoms with Gasteiger partial charge < -0.3 is 23.1 Å². The van der Waals surface area contributed by atoms with Crippen LogP contribution < -0.4 is 39.7 Å². The van der Waals surface area contributed by atoms with Gasteiger partial charge in [-0.3, -0.25) is 0 Å². The van der Waals surface area contributed by atoms with Crippen LogP contribution in [-0.4, -0.2) is 46.5 Å². The summed E-state index contributed by atoms with van der Waals surface area (Å²) in [6.45, 7) is 8.79. The normalized spacial score (nSPS) is 11.2. The maximum Gasteiger partial charge on any atom is 0.229 e. The van der Waals surface area contributed by atoms with Gasteiger partial charge in [-0.2, -0.15) is 0 Å². The minimum absolute atomic E-state index is 0.850. The van der Waals surface area contributed by atoms with E-state index in [0.29, 0.717) is 0 Å². The Labute approximate surface area is 261 Å². The van der Waals surface area contributed by atoms with Crippen molar-refractivity contribution in [2.75, 3.05) is 28.4 Å². The highest BCUT2D eigenvalue weighted by atomic mass is 28.4. The van der Waals surface area contributed by atoms with E-state index in [0.717, 1.165) is 48.7 Å². The van der Waals surface area contributed by atoms with Crippen molar-refractivity contribution in [2.45, 2.75) is 53.4 Å². The topological polar surface area (TPSA) is 46.2 Å². The SMILES string of the molecule is CCc1c(OC)cccc1[SiH](O[SiH](c1cccc(OC)c1CC)c1cccc(OC)c1CC)c1cccc(OC)c1CC. The van der Waals surface area contributed by atoms with Crippen LogP contribution in [0.4, 0.5) is 0 Å². The van der Waals surface area contributed by atoms with Gasteiger partial charge in [-0.1, -0.05) is 76.2 Å². The first-order valence-electron chi connectivity index (χ1n) is 15.3. The molecule has 4 aromatic rings. The van der Waals surface area contributed by atoms with Crippen LogP contribution in [0, 0.1) is 0 Å². The van der Waals surface area contributed by atoms with Crippen molar-refractivity contribution in [2.24, 2.45) is 0 Å². The van der Waals surface area contributed by atoms with E-state index in [9.17, 15) is 0 Å². The van der Waals surface area contributed by atoms with Crippen LogP contribution in [-0.2, 0) is 29.8 Å². The Morgan fingerprint density at radius 2 is 0.628 bits per heavy atom. The first-order valence-corrected chi connectivity index (χ1v) is 18.5. The number of rotatable bonds is 14. The van der Waals surface area contributed by atoms with Crippen LogP contribution >= 0.6 is 0 Å². The second-order valence-electron chi connectivity index (χ2n) is 10.4. The third-order valence-corrected chi connectivity index (χ3v) is 15.0. The van der Waals surface area contributed by atoms with Crippen LogP contribution in [0.3, 0.4) is 0 Å². The zero-order valence-electron chi connectivity index (χ0n) is 27.0. The van der Waals surface area contributed by atoms with Gasteiger partial charge in [-0.25, -0.2) is 0 Å². The second-order valence-corrected chi connectivity index (χ2v) is 15.5. The van der Waals surface area contributed by atoms with E-state index >= 15 is 0 Å². The summed E-state index contributed by atoms with van der Waals surface area (Å²) in [6.07, 6.45) is 3.40. The molecule has 0 amide bonds. The molecule has 0 saturated heterocycles. The zero-order chi connectivity index (χ0) is 30.9. The molecule has 0 aromatic heterocycles. The Balaban J connectivity index is 2.08. The average Bonchev–Trinajstić information content (AvgIpc) is 3.07. The first-order chi connectivity index (χ1) is 21.0. The minimum Gasteiger partial charge on any atom is -0.496 e. The molecular weight excluding hydrogens is 569 g/mol. The van der Waals surface area contributed by atoms with E-state index in [1.54, 1.807) is 28.4 Å². The lowest BCUT2D eigenvalue weighted by Crippen LogP contribution is -2.58. The molecule has 4 rings (SSSR count). The summed E-state index contributed by atoms with van der Waals surface area (Å²) in [4.78, 5) is 0. The zero-order valence-corrected chi connectivity index (χ0v) is 29.3. The number of hydrogen-bond donors (Lipinski definition) is 0. The molecule has 5 nitrogen and oxygen atoms in total. The van der Waals surface area contributed by atoms with Crippen LogP contribution in [0.25, 0.3) is 0 Å². The Morgan fingerprint density at radius 3 is 0.814 bits per heavy atom. The highest BCUT2D eigenvalue weighted by Gasteiger charge is 2.33. The molecule has 0 fully saturated rings. The third-order valence-electron chi connectivity index (χ3n) is 8.37. The summed E-state index contributed by atoms with van der Waals surface area (Å²) in [5.74, 6) is 3.64. The molecule has 0 radical (unpaired) electrons. The van der Waals surface area contributed by atoms with Gasteiger partial charge in [0.15, 0.2) is 0 Å². The number of methoxy groups -OCH3 is 4. The van der Waals surface area contributed by atoms with Crippen molar-refractivity contribution in [1.82, 2.24) is 0 Å². The molecule has 0 atom stereocenters. The standard InChI is InChI=1S/C36H46O5Si2/c1-9-25-29(37-5)17-13-21-33(25)42(34-22-14-18-30(38-6)26(34)10-2)41-43(35-23-15-19-31(39-7)27(35)11-3)36-24-16-20-32(40-8)28(36)12-4/h13-24,42-43H,9-12H2,1-8H3. The van der Waals surface area contributed by atoms with Crippen molar-refractivity contribution < 1.29 is 23.1 Å². The molecule has 0 saturated carbocycles. The first kappa shape index (κ1) is 32.4. The van der Waals surface area contributed by atoms with Gasteiger partial charge in [-0.05, 0) is 92.9 Å². The molecular formula is C36H46O5Si2. The summed E-state index contributed by atoms with van der Waals surface area (Å²) < 4.78 is 31.4. The molecule has 0 spiro atoms. The Morgan fingerprint density at radius 1 is 0.395 bits per heavy atom. The molecule has 7 heteroatoms. The van der Waals surface area contributed by atoms with Gasteiger partial charge in [0.1, 0.15) is 23.0 Å². The number of benzene rings is 4. The molecule has 0 unspecified atom stereocenters. The van der Waals surface area contributed by atoms with Gasteiger partial charge >= 0.3 is 0 Å². The van der Waals surface area contributed by atoms with Gasteiger partial charge in [0, 0.05) is 0 Å². The highest BCUT2D eigenvalue weighted by molar-refractivity contribution is 6.92. The second kappa shape index (κ2) is 15.3. The van der Waals surface area contributed by atoms with E-state index in [4.69, 9.17) is 23.1 Å². The summed E-state index contributed by atoms with van der Waals surface area (Å²) >= 11 is 0. The smallest absolute Gasteiger partial charge is 0.229 e. The Kier molecular flexibility index (Phi) is 11.5. The maximum absolute atomic E-state index is 7.82. The van der Waals surface area contributed by atoms with Crippen molar-refractivity contribution in [1.29, 1.82) is 0 Å². The fraction of sp³-hybridized carbons (Fsp3) is 0.333. The van der Waals surface area contributed by atoms with Gasteiger partial charge in [0.2, 0.25) is 18.1 Å². The minimum atomic E-state index is -2.34. The lowest BCUT2D eigenvalue weighted by molar-refractivity contribution is 0.410. The molecule has 0 aliphatic heterocycles. The highest BCUT2D eigenvalue weighted by Crippen LogP contribution is 2.24. The largest absolute Gasteiger partial charge is 0.496 e. The molecule has 0 heterocycles. The summed E-state index contributed by atoms with van der Waals surface area (Å²) in [5, 5.41) is 5.02. The van der Waals surface area contributed by atoms with Crippen molar-refractivity contribution in [3.05, 3.63) is 95.1 Å². The van der Waals surface area contributed by atoms with E-state index in [2.05, 4.69) is 100 Å². The van der Waals surface area contributed by atoms with E-state index in [-0.39, 0.29) is 0 Å². The molecule has 0 N–H and O–H groups in total. The van der Waals surface area contributed by atoms with E-state index in [1.807, 2.05) is 0 Å². The van der Waals surface area contributed by atoms with Crippen molar-refractivity contribution in [3.63, 3.8) is 0 Å². The Bertz CT molecular complexity index is 1300. The summed E-state index contributed by atoms with van der Waals surface area (Å²) in [7, 11) is 2.34. The molecule has 43 heavy (non-hydrogen) atoms. The number of hydrogen-bond acceptors (Lipinski definition) is 5. The molecule has 228 valence electrons. The molecule has 0 bridgehead atoms. The van der Waals surface area contributed by atoms with E-state index in [1.165, 1.54) is 43.0 Å². The van der Waals surface area contributed by atoms with Crippen LogP contribution in [0.2, 0.25) is 0 Å². The fourth-order valence-corrected chi connectivity index (χ4v) is 14.3. The van der Waals surface area contributed by atoms with E-state index < -0.39 is 18.1 Å². The quantitative estimate of drug-likeness (QED) is 0.198. The van der Waals surface area contributed by atoms with Gasteiger partial charge in [0.05, 0.1) is 28.4 Å². The predicted octanol–water partition coefficient (Wildman–Crippen LogP) is 4.36. The monoisotopic (exact) mass is 614 g/mol. The lowest BCUT2D eigenvalue weighted by Gasteiger charge is -2.31. The summed E-state index contributed by atoms with van der Waals surface area (Å²) in [6, 6.07) is 25.7. The van der Waals surface area contributed by atoms with Crippen LogP contribution in [0.5, 0.6) is 23.0 Å². The molecule has 0 aliphatic rings. The average molecular weight is 615 g/mol. The van der Waals surface area contributed by atoms with Gasteiger partial charge in [-0.15, -0.1) is 0 Å². The van der Waals surface area contributed by atoms with Gasteiger partial charge in [0.25, 0.3) is 0 Å². The van der Waals surface area contributed by atoms with Crippen LogP contribution in [0.1, 0.15) is 49.9 Å². The predicted molar refractivity (Wildman–Crippen MR) is 183 cm³/mol. The van der Waals surface area contributed by atoms with Crippen molar-refractivity contribution in [3.8, 4) is 23.0 Å². The third kappa shape index (κ3) is 6.54. The van der Waals surface area contributed by atoms with Crippen LogP contribution in [0.15, 0.2) is 72.8 Å². The number of ether oxygens (including phenoxy) is 4. The fourth-order valence-electron chi connectivity index (χ4n) is 6.36. The summed E-state index contributed by atoms with van der Waals surface area (Å²) in [5.41, 5.74) is 4.84. The maximum atomic E-state index is 7.82. The Hall–Kier alpha value is -3.53. The molecule has 0 aliphatic carbocycles. The lowest BCUT2D eigenvalue weighted by atomic mass is 10.1. The molecule has 4 aromatic carbocycles.